The fraction of sp³-hybridized carbons (Fsp3) is 0.474. The SMILES string of the molecule is Cc1ccccc1C(CCc1cccs1)CNCC(C)C. The van der Waals surface area contributed by atoms with Crippen LogP contribution in [0.25, 0.3) is 0 Å². The number of benzene rings is 1. The standard InChI is InChI=1S/C19H27NS/c1-15(2)13-20-14-17(10-11-18-8-6-12-21-18)19-9-5-4-7-16(19)3/h4-9,12,15,17,20H,10-11,13-14H2,1-3H3. The largest absolute Gasteiger partial charge is 0.316 e. The van der Waals surface area contributed by atoms with Gasteiger partial charge in [-0.25, -0.2) is 0 Å². The lowest BCUT2D eigenvalue weighted by Crippen LogP contribution is -2.26. The molecule has 1 nitrogen and oxygen atoms in total. The normalized spacial score (nSPS) is 12.8. The maximum atomic E-state index is 3.64. The predicted molar refractivity (Wildman–Crippen MR) is 94.3 cm³/mol. The van der Waals surface area contributed by atoms with Crippen molar-refractivity contribution in [2.75, 3.05) is 13.1 Å². The molecule has 0 saturated heterocycles. The minimum Gasteiger partial charge on any atom is -0.316 e. The highest BCUT2D eigenvalue weighted by Crippen LogP contribution is 2.25. The molecule has 1 aromatic carbocycles. The Kier molecular flexibility index (Phi) is 6.47. The van der Waals surface area contributed by atoms with E-state index in [1.54, 1.807) is 0 Å². The number of hydrogen-bond acceptors (Lipinski definition) is 2. The summed E-state index contributed by atoms with van der Waals surface area (Å²) in [5.41, 5.74) is 2.92. The Morgan fingerprint density at radius 2 is 1.86 bits per heavy atom. The van der Waals surface area contributed by atoms with E-state index in [0.717, 1.165) is 13.1 Å². The molecule has 1 N–H and O–H groups in total. The van der Waals surface area contributed by atoms with Crippen molar-refractivity contribution in [3.8, 4) is 0 Å². The first kappa shape index (κ1) is 16.3. The van der Waals surface area contributed by atoms with E-state index in [1.807, 2.05) is 11.3 Å². The smallest absolute Gasteiger partial charge is 0.00454 e. The minimum atomic E-state index is 0.604. The van der Waals surface area contributed by atoms with Crippen molar-refractivity contribution < 1.29 is 0 Å². The van der Waals surface area contributed by atoms with E-state index in [-0.39, 0.29) is 0 Å². The molecule has 0 amide bonds. The summed E-state index contributed by atoms with van der Waals surface area (Å²) in [5, 5.41) is 5.82. The van der Waals surface area contributed by atoms with Crippen molar-refractivity contribution in [1.29, 1.82) is 0 Å². The summed E-state index contributed by atoms with van der Waals surface area (Å²) in [6, 6.07) is 13.2. The molecule has 21 heavy (non-hydrogen) atoms. The van der Waals surface area contributed by atoms with Gasteiger partial charge in [0, 0.05) is 11.4 Å². The van der Waals surface area contributed by atoms with Crippen molar-refractivity contribution in [2.45, 2.75) is 39.5 Å². The first-order valence-electron chi connectivity index (χ1n) is 7.95. The summed E-state index contributed by atoms with van der Waals surface area (Å²) in [6.45, 7) is 8.94. The molecule has 1 heterocycles. The molecule has 0 saturated carbocycles. The van der Waals surface area contributed by atoms with Crippen molar-refractivity contribution in [2.24, 2.45) is 5.92 Å². The van der Waals surface area contributed by atoms with E-state index < -0.39 is 0 Å². The molecule has 2 aromatic rings. The molecule has 0 fully saturated rings. The monoisotopic (exact) mass is 301 g/mol. The Morgan fingerprint density at radius 1 is 1.05 bits per heavy atom. The van der Waals surface area contributed by atoms with Crippen molar-refractivity contribution in [3.63, 3.8) is 0 Å². The van der Waals surface area contributed by atoms with E-state index in [1.165, 1.54) is 28.8 Å². The third kappa shape index (κ3) is 5.29. The zero-order valence-electron chi connectivity index (χ0n) is 13.4. The van der Waals surface area contributed by atoms with Crippen LogP contribution in [-0.2, 0) is 6.42 Å². The Hall–Kier alpha value is -1.12. The zero-order valence-corrected chi connectivity index (χ0v) is 14.2. The quantitative estimate of drug-likeness (QED) is 0.722. The van der Waals surface area contributed by atoms with Crippen LogP contribution in [0.2, 0.25) is 0 Å². The van der Waals surface area contributed by atoms with Gasteiger partial charge in [0.1, 0.15) is 0 Å². The summed E-state index contributed by atoms with van der Waals surface area (Å²) in [4.78, 5) is 1.50. The molecule has 0 bridgehead atoms. The van der Waals surface area contributed by atoms with E-state index in [9.17, 15) is 0 Å². The Labute approximate surface area is 133 Å². The van der Waals surface area contributed by atoms with Gasteiger partial charge < -0.3 is 5.32 Å². The molecule has 114 valence electrons. The lowest BCUT2D eigenvalue weighted by atomic mass is 9.90. The lowest BCUT2D eigenvalue weighted by molar-refractivity contribution is 0.500. The molecule has 1 atom stereocenters. The van der Waals surface area contributed by atoms with Crippen LogP contribution in [0.1, 0.15) is 42.2 Å². The van der Waals surface area contributed by atoms with Gasteiger partial charge in [0.2, 0.25) is 0 Å². The predicted octanol–water partition coefficient (Wildman–Crippen LogP) is 5.02. The van der Waals surface area contributed by atoms with Gasteiger partial charge in [-0.2, -0.15) is 0 Å². The molecule has 2 heteroatoms. The van der Waals surface area contributed by atoms with Gasteiger partial charge in [-0.1, -0.05) is 44.2 Å². The van der Waals surface area contributed by atoms with Gasteiger partial charge in [0.15, 0.2) is 0 Å². The van der Waals surface area contributed by atoms with Crippen molar-refractivity contribution in [1.82, 2.24) is 5.32 Å². The maximum absolute atomic E-state index is 3.64. The fourth-order valence-corrected chi connectivity index (χ4v) is 3.45. The summed E-state index contributed by atoms with van der Waals surface area (Å²) >= 11 is 1.87. The third-order valence-corrected chi connectivity index (χ3v) is 4.83. The highest BCUT2D eigenvalue weighted by Gasteiger charge is 2.14. The molecule has 1 aromatic heterocycles. The number of hydrogen-bond donors (Lipinski definition) is 1. The van der Waals surface area contributed by atoms with Crippen molar-refractivity contribution in [3.05, 3.63) is 57.8 Å². The van der Waals surface area contributed by atoms with E-state index in [0.29, 0.717) is 11.8 Å². The van der Waals surface area contributed by atoms with E-state index in [2.05, 4.69) is 67.9 Å². The number of thiophene rings is 1. The van der Waals surface area contributed by atoms with Crippen LogP contribution < -0.4 is 5.32 Å². The van der Waals surface area contributed by atoms with Crippen molar-refractivity contribution >= 4 is 11.3 Å². The Balaban J connectivity index is 2.01. The second-order valence-electron chi connectivity index (χ2n) is 6.22. The van der Waals surface area contributed by atoms with Gasteiger partial charge in [0.25, 0.3) is 0 Å². The summed E-state index contributed by atoms with van der Waals surface area (Å²) in [5.74, 6) is 1.31. The first-order chi connectivity index (χ1) is 10.2. The van der Waals surface area contributed by atoms with Crippen LogP contribution in [0, 0.1) is 12.8 Å². The first-order valence-corrected chi connectivity index (χ1v) is 8.83. The van der Waals surface area contributed by atoms with Gasteiger partial charge >= 0.3 is 0 Å². The van der Waals surface area contributed by atoms with Crippen LogP contribution in [0.4, 0.5) is 0 Å². The molecule has 1 unspecified atom stereocenters. The second-order valence-corrected chi connectivity index (χ2v) is 7.26. The molecule has 2 rings (SSSR count). The summed E-state index contributed by atoms with van der Waals surface area (Å²) < 4.78 is 0. The van der Waals surface area contributed by atoms with Crippen LogP contribution in [0.3, 0.4) is 0 Å². The molecule has 0 aliphatic rings. The minimum absolute atomic E-state index is 0.604. The Bertz CT molecular complexity index is 516. The van der Waals surface area contributed by atoms with E-state index >= 15 is 0 Å². The zero-order chi connectivity index (χ0) is 15.1. The maximum Gasteiger partial charge on any atom is 0.00454 e. The van der Waals surface area contributed by atoms with Gasteiger partial charge in [-0.15, -0.1) is 11.3 Å². The molecule has 0 spiro atoms. The lowest BCUT2D eigenvalue weighted by Gasteiger charge is -2.20. The van der Waals surface area contributed by atoms with Gasteiger partial charge in [-0.05, 0) is 60.7 Å². The average molecular weight is 301 g/mol. The Morgan fingerprint density at radius 3 is 2.52 bits per heavy atom. The molecular weight excluding hydrogens is 274 g/mol. The van der Waals surface area contributed by atoms with Crippen LogP contribution >= 0.6 is 11.3 Å². The van der Waals surface area contributed by atoms with E-state index in [4.69, 9.17) is 0 Å². The third-order valence-electron chi connectivity index (χ3n) is 3.89. The number of nitrogens with one attached hydrogen (secondary N) is 1. The highest BCUT2D eigenvalue weighted by molar-refractivity contribution is 7.09. The molecule has 0 aliphatic carbocycles. The van der Waals surface area contributed by atoms with Crippen LogP contribution in [0.5, 0.6) is 0 Å². The van der Waals surface area contributed by atoms with Gasteiger partial charge in [-0.3, -0.25) is 0 Å². The molecule has 0 radical (unpaired) electrons. The van der Waals surface area contributed by atoms with Crippen LogP contribution in [0.15, 0.2) is 41.8 Å². The molecule has 0 aliphatic heterocycles. The topological polar surface area (TPSA) is 12.0 Å². The van der Waals surface area contributed by atoms with Gasteiger partial charge in [0.05, 0.1) is 0 Å². The number of aryl methyl sites for hydroxylation is 2. The summed E-state index contributed by atoms with van der Waals surface area (Å²) in [6.07, 6.45) is 2.40. The highest BCUT2D eigenvalue weighted by atomic mass is 32.1. The fourth-order valence-electron chi connectivity index (χ4n) is 2.73. The summed E-state index contributed by atoms with van der Waals surface area (Å²) in [7, 11) is 0. The van der Waals surface area contributed by atoms with Crippen LogP contribution in [-0.4, -0.2) is 13.1 Å². The average Bonchev–Trinajstić information content (AvgIpc) is 2.96. The molecular formula is C19H27NS. The number of rotatable bonds is 8. The second kappa shape index (κ2) is 8.35.